The van der Waals surface area contributed by atoms with Crippen molar-refractivity contribution < 1.29 is 8.78 Å². The quantitative estimate of drug-likeness (QED) is 0.866. The highest BCUT2D eigenvalue weighted by molar-refractivity contribution is 5.85. The fourth-order valence-electron chi connectivity index (χ4n) is 2.07. The summed E-state index contributed by atoms with van der Waals surface area (Å²) in [4.78, 5) is 0. The third-order valence-corrected chi connectivity index (χ3v) is 2.93. The molecule has 16 heavy (non-hydrogen) atoms. The van der Waals surface area contributed by atoms with Gasteiger partial charge in [0.25, 0.3) is 0 Å². The molecule has 1 nitrogen and oxygen atoms in total. The van der Waals surface area contributed by atoms with E-state index < -0.39 is 0 Å². The van der Waals surface area contributed by atoms with E-state index in [0.717, 1.165) is 25.5 Å². The van der Waals surface area contributed by atoms with Gasteiger partial charge in [0.15, 0.2) is 0 Å². The number of benzene rings is 1. The highest BCUT2D eigenvalue weighted by Gasteiger charge is 2.14. The van der Waals surface area contributed by atoms with Crippen LogP contribution in [0.3, 0.4) is 0 Å². The van der Waals surface area contributed by atoms with Gasteiger partial charge in [0.1, 0.15) is 11.6 Å². The first-order chi connectivity index (χ1) is 7.25. The maximum atomic E-state index is 13.3. The Labute approximate surface area is 101 Å². The summed E-state index contributed by atoms with van der Waals surface area (Å²) in [6, 6.07) is 4.14. The molecular formula is C12H16ClF2N. The standard InChI is InChI=1S/C12H15F2N.ClH/c13-10-4-6-12(14)9(8-10)3-5-11-2-1-7-15-11;/h4,6,8,11,15H,1-3,5,7H2;1H. The molecule has 0 aliphatic carbocycles. The number of nitrogens with one attached hydrogen (secondary N) is 1. The predicted molar refractivity (Wildman–Crippen MR) is 63.0 cm³/mol. The van der Waals surface area contributed by atoms with Gasteiger partial charge in [-0.25, -0.2) is 8.78 Å². The summed E-state index contributed by atoms with van der Waals surface area (Å²) in [5.41, 5.74) is 0.490. The third kappa shape index (κ3) is 3.42. The van der Waals surface area contributed by atoms with E-state index in [4.69, 9.17) is 0 Å². The molecule has 1 aromatic rings. The van der Waals surface area contributed by atoms with Crippen LogP contribution in [0.25, 0.3) is 0 Å². The van der Waals surface area contributed by atoms with Crippen LogP contribution in [0.5, 0.6) is 0 Å². The fourth-order valence-corrected chi connectivity index (χ4v) is 2.07. The maximum absolute atomic E-state index is 13.3. The molecule has 2 rings (SSSR count). The van der Waals surface area contributed by atoms with Gasteiger partial charge in [-0.1, -0.05) is 0 Å². The fraction of sp³-hybridized carbons (Fsp3) is 0.500. The van der Waals surface area contributed by atoms with Gasteiger partial charge in [-0.15, -0.1) is 12.4 Å². The first-order valence-corrected chi connectivity index (χ1v) is 5.43. The molecule has 1 aliphatic heterocycles. The van der Waals surface area contributed by atoms with Crippen molar-refractivity contribution in [3.8, 4) is 0 Å². The van der Waals surface area contributed by atoms with E-state index in [1.165, 1.54) is 18.6 Å². The average molecular weight is 248 g/mol. The molecule has 1 heterocycles. The minimum atomic E-state index is -0.356. The van der Waals surface area contributed by atoms with E-state index in [1.54, 1.807) is 0 Å². The molecule has 1 unspecified atom stereocenters. The summed E-state index contributed by atoms with van der Waals surface area (Å²) in [7, 11) is 0. The minimum absolute atomic E-state index is 0. The highest BCUT2D eigenvalue weighted by Crippen LogP contribution is 2.16. The number of hydrogen-bond acceptors (Lipinski definition) is 1. The molecule has 1 N–H and O–H groups in total. The van der Waals surface area contributed by atoms with Crippen LogP contribution >= 0.6 is 12.4 Å². The lowest BCUT2D eigenvalue weighted by Crippen LogP contribution is -2.21. The van der Waals surface area contributed by atoms with Crippen LogP contribution in [0.1, 0.15) is 24.8 Å². The summed E-state index contributed by atoms with van der Waals surface area (Å²) in [6.07, 6.45) is 3.84. The lowest BCUT2D eigenvalue weighted by Gasteiger charge is -2.10. The van der Waals surface area contributed by atoms with E-state index in [1.807, 2.05) is 0 Å². The van der Waals surface area contributed by atoms with E-state index in [9.17, 15) is 8.78 Å². The highest BCUT2D eigenvalue weighted by atomic mass is 35.5. The Kier molecular flexibility index (Phi) is 5.16. The molecule has 1 fully saturated rings. The molecule has 90 valence electrons. The normalized spacial score (nSPS) is 19.5. The smallest absolute Gasteiger partial charge is 0.126 e. The van der Waals surface area contributed by atoms with Crippen LogP contribution in [0, 0.1) is 11.6 Å². The molecule has 0 saturated carbocycles. The number of hydrogen-bond donors (Lipinski definition) is 1. The Morgan fingerprint density at radius 3 is 2.81 bits per heavy atom. The molecule has 0 aromatic heterocycles. The predicted octanol–water partition coefficient (Wildman–Crippen LogP) is 3.07. The molecule has 1 aliphatic rings. The van der Waals surface area contributed by atoms with Crippen LogP contribution in [-0.4, -0.2) is 12.6 Å². The van der Waals surface area contributed by atoms with Gasteiger partial charge in [-0.3, -0.25) is 0 Å². The van der Waals surface area contributed by atoms with Crippen LogP contribution in [0.15, 0.2) is 18.2 Å². The minimum Gasteiger partial charge on any atom is -0.314 e. The molecule has 0 amide bonds. The first kappa shape index (κ1) is 13.4. The van der Waals surface area contributed by atoms with Crippen molar-refractivity contribution in [1.29, 1.82) is 0 Å². The van der Waals surface area contributed by atoms with E-state index >= 15 is 0 Å². The third-order valence-electron chi connectivity index (χ3n) is 2.93. The SMILES string of the molecule is Cl.Fc1ccc(F)c(CCC2CCCN2)c1. The lowest BCUT2D eigenvalue weighted by molar-refractivity contribution is 0.536. The molecule has 1 atom stereocenters. The summed E-state index contributed by atoms with van der Waals surface area (Å²) < 4.78 is 26.1. The molecule has 0 radical (unpaired) electrons. The Morgan fingerprint density at radius 1 is 1.31 bits per heavy atom. The summed E-state index contributed by atoms with van der Waals surface area (Å²) in [5.74, 6) is -0.653. The van der Waals surface area contributed by atoms with Gasteiger partial charge in [-0.05, 0) is 56.0 Å². The van der Waals surface area contributed by atoms with Gasteiger partial charge in [0.2, 0.25) is 0 Å². The second kappa shape index (κ2) is 6.16. The topological polar surface area (TPSA) is 12.0 Å². The van der Waals surface area contributed by atoms with Gasteiger partial charge >= 0.3 is 0 Å². The van der Waals surface area contributed by atoms with Crippen molar-refractivity contribution in [1.82, 2.24) is 5.32 Å². The summed E-state index contributed by atoms with van der Waals surface area (Å²) in [6.45, 7) is 1.05. The Hall–Kier alpha value is -0.670. The summed E-state index contributed by atoms with van der Waals surface area (Å²) in [5, 5.41) is 3.34. The van der Waals surface area contributed by atoms with Crippen molar-refractivity contribution in [3.05, 3.63) is 35.4 Å². The zero-order valence-electron chi connectivity index (χ0n) is 9.01. The van der Waals surface area contributed by atoms with Crippen LogP contribution < -0.4 is 5.32 Å². The van der Waals surface area contributed by atoms with E-state index in [0.29, 0.717) is 18.0 Å². The van der Waals surface area contributed by atoms with Gasteiger partial charge in [0, 0.05) is 6.04 Å². The lowest BCUT2D eigenvalue weighted by atomic mass is 10.0. The second-order valence-corrected chi connectivity index (χ2v) is 4.07. The molecule has 0 spiro atoms. The van der Waals surface area contributed by atoms with Crippen LogP contribution in [-0.2, 0) is 6.42 Å². The van der Waals surface area contributed by atoms with Crippen molar-refractivity contribution in [3.63, 3.8) is 0 Å². The monoisotopic (exact) mass is 247 g/mol. The Bertz CT molecular complexity index is 338. The second-order valence-electron chi connectivity index (χ2n) is 4.07. The zero-order chi connectivity index (χ0) is 10.7. The van der Waals surface area contributed by atoms with E-state index in [2.05, 4.69) is 5.32 Å². The molecule has 1 saturated heterocycles. The average Bonchev–Trinajstić information content (AvgIpc) is 2.72. The number of rotatable bonds is 3. The molecule has 4 heteroatoms. The largest absolute Gasteiger partial charge is 0.314 e. The Morgan fingerprint density at radius 2 is 2.12 bits per heavy atom. The van der Waals surface area contributed by atoms with Crippen molar-refractivity contribution in [2.24, 2.45) is 0 Å². The van der Waals surface area contributed by atoms with Crippen LogP contribution in [0.2, 0.25) is 0 Å². The van der Waals surface area contributed by atoms with Gasteiger partial charge < -0.3 is 5.32 Å². The molecule has 0 bridgehead atoms. The van der Waals surface area contributed by atoms with Crippen molar-refractivity contribution in [2.45, 2.75) is 31.7 Å². The number of aryl methyl sites for hydroxylation is 1. The van der Waals surface area contributed by atoms with Crippen molar-refractivity contribution in [2.75, 3.05) is 6.54 Å². The van der Waals surface area contributed by atoms with Gasteiger partial charge in [-0.2, -0.15) is 0 Å². The van der Waals surface area contributed by atoms with Crippen molar-refractivity contribution >= 4 is 12.4 Å². The summed E-state index contributed by atoms with van der Waals surface area (Å²) >= 11 is 0. The van der Waals surface area contributed by atoms with E-state index in [-0.39, 0.29) is 24.0 Å². The maximum Gasteiger partial charge on any atom is 0.126 e. The zero-order valence-corrected chi connectivity index (χ0v) is 9.83. The molecule has 1 aromatic carbocycles. The number of halogens is 3. The van der Waals surface area contributed by atoms with Crippen LogP contribution in [0.4, 0.5) is 8.78 Å². The Balaban J connectivity index is 0.00000128. The molecular weight excluding hydrogens is 232 g/mol. The first-order valence-electron chi connectivity index (χ1n) is 5.43. The van der Waals surface area contributed by atoms with Gasteiger partial charge in [0.05, 0.1) is 0 Å².